The molecule has 0 aliphatic carbocycles. The van der Waals surface area contributed by atoms with Crippen LogP contribution in [0, 0.1) is 11.3 Å². The maximum atomic E-state index is 12.4. The average Bonchev–Trinajstić information content (AvgIpc) is 2.70. The first-order valence-electron chi connectivity index (χ1n) is 8.57. The van der Waals surface area contributed by atoms with E-state index in [1.54, 1.807) is 18.2 Å². The van der Waals surface area contributed by atoms with Crippen molar-refractivity contribution in [2.24, 2.45) is 0 Å². The maximum absolute atomic E-state index is 12.4. The normalized spacial score (nSPS) is 15.0. The lowest BCUT2D eigenvalue weighted by atomic mass is 10.2. The number of morpholine rings is 1. The van der Waals surface area contributed by atoms with Gasteiger partial charge in [0.1, 0.15) is 23.6 Å². The molecule has 26 heavy (non-hydrogen) atoms. The molecule has 6 nitrogen and oxygen atoms in total. The SMILES string of the molecule is C[C@@H](Nc1ccc(Oc2ccccc2C#N)cc1)C(=O)N1CCOCC1. The zero-order valence-corrected chi connectivity index (χ0v) is 14.6. The third-order valence-corrected chi connectivity index (χ3v) is 4.17. The summed E-state index contributed by atoms with van der Waals surface area (Å²) in [5.41, 5.74) is 1.32. The van der Waals surface area contributed by atoms with Crippen molar-refractivity contribution in [3.8, 4) is 17.6 Å². The van der Waals surface area contributed by atoms with E-state index < -0.39 is 0 Å². The third kappa shape index (κ3) is 4.32. The lowest BCUT2D eigenvalue weighted by molar-refractivity contribution is -0.135. The number of nitrogens with one attached hydrogen (secondary N) is 1. The predicted octanol–water partition coefficient (Wildman–Crippen LogP) is 3.01. The summed E-state index contributed by atoms with van der Waals surface area (Å²) < 4.78 is 11.0. The van der Waals surface area contributed by atoms with Gasteiger partial charge >= 0.3 is 0 Å². The summed E-state index contributed by atoms with van der Waals surface area (Å²) in [5, 5.41) is 12.3. The highest BCUT2D eigenvalue weighted by molar-refractivity contribution is 5.84. The van der Waals surface area contributed by atoms with Crippen LogP contribution < -0.4 is 10.1 Å². The van der Waals surface area contributed by atoms with Crippen LogP contribution in [0.15, 0.2) is 48.5 Å². The minimum atomic E-state index is -0.320. The number of hydrogen-bond donors (Lipinski definition) is 1. The Hall–Kier alpha value is -3.04. The van der Waals surface area contributed by atoms with Crippen molar-refractivity contribution in [3.05, 3.63) is 54.1 Å². The number of rotatable bonds is 5. The van der Waals surface area contributed by atoms with E-state index in [0.29, 0.717) is 43.4 Å². The molecule has 1 aliphatic rings. The molecule has 0 saturated carbocycles. The number of carbonyl (C=O) groups excluding carboxylic acids is 1. The predicted molar refractivity (Wildman–Crippen MR) is 98.2 cm³/mol. The number of amides is 1. The summed E-state index contributed by atoms with van der Waals surface area (Å²) in [6.07, 6.45) is 0. The fraction of sp³-hybridized carbons (Fsp3) is 0.300. The second-order valence-electron chi connectivity index (χ2n) is 6.04. The highest BCUT2D eigenvalue weighted by Gasteiger charge is 2.22. The van der Waals surface area contributed by atoms with E-state index in [-0.39, 0.29) is 11.9 Å². The molecule has 0 aromatic heterocycles. The molecule has 0 bridgehead atoms. The average molecular weight is 351 g/mol. The van der Waals surface area contributed by atoms with Gasteiger partial charge < -0.3 is 19.7 Å². The van der Waals surface area contributed by atoms with Gasteiger partial charge in [-0.25, -0.2) is 0 Å². The van der Waals surface area contributed by atoms with Crippen molar-refractivity contribution in [1.29, 1.82) is 5.26 Å². The molecule has 3 rings (SSSR count). The van der Waals surface area contributed by atoms with Crippen LogP contribution in [0.2, 0.25) is 0 Å². The van der Waals surface area contributed by atoms with Crippen molar-refractivity contribution in [2.75, 3.05) is 31.6 Å². The van der Waals surface area contributed by atoms with Crippen LogP contribution in [-0.2, 0) is 9.53 Å². The molecule has 1 heterocycles. The largest absolute Gasteiger partial charge is 0.456 e. The molecule has 1 aliphatic heterocycles. The highest BCUT2D eigenvalue weighted by Crippen LogP contribution is 2.26. The van der Waals surface area contributed by atoms with Crippen LogP contribution in [0.3, 0.4) is 0 Å². The Bertz CT molecular complexity index is 793. The Morgan fingerprint density at radius 3 is 2.58 bits per heavy atom. The van der Waals surface area contributed by atoms with E-state index in [2.05, 4.69) is 11.4 Å². The Kier molecular flexibility index (Phi) is 5.72. The van der Waals surface area contributed by atoms with Gasteiger partial charge in [0.05, 0.1) is 18.8 Å². The van der Waals surface area contributed by atoms with Gasteiger partial charge in [-0.1, -0.05) is 12.1 Å². The highest BCUT2D eigenvalue weighted by atomic mass is 16.5. The minimum absolute atomic E-state index is 0.0663. The van der Waals surface area contributed by atoms with Crippen molar-refractivity contribution >= 4 is 11.6 Å². The van der Waals surface area contributed by atoms with Gasteiger partial charge in [0.2, 0.25) is 5.91 Å². The number of benzene rings is 2. The molecule has 6 heteroatoms. The quantitative estimate of drug-likeness (QED) is 0.896. The Morgan fingerprint density at radius 2 is 1.88 bits per heavy atom. The maximum Gasteiger partial charge on any atom is 0.244 e. The first-order chi connectivity index (χ1) is 12.7. The standard InChI is InChI=1S/C20H21N3O3/c1-15(20(24)23-10-12-25-13-11-23)22-17-6-8-18(9-7-17)26-19-5-3-2-4-16(19)14-21/h2-9,15,22H,10-13H2,1H3/t15-/m1/s1. The van der Waals surface area contributed by atoms with Gasteiger partial charge in [0, 0.05) is 18.8 Å². The van der Waals surface area contributed by atoms with E-state index >= 15 is 0 Å². The van der Waals surface area contributed by atoms with E-state index in [1.807, 2.05) is 42.2 Å². The number of nitriles is 1. The monoisotopic (exact) mass is 351 g/mol. The third-order valence-electron chi connectivity index (χ3n) is 4.17. The zero-order valence-electron chi connectivity index (χ0n) is 14.6. The molecule has 2 aromatic carbocycles. The van der Waals surface area contributed by atoms with Gasteiger partial charge in [-0.2, -0.15) is 5.26 Å². The van der Waals surface area contributed by atoms with Crippen LogP contribution in [0.25, 0.3) is 0 Å². The van der Waals surface area contributed by atoms with E-state index in [0.717, 1.165) is 5.69 Å². The number of para-hydroxylation sites is 1. The molecule has 1 amide bonds. The summed E-state index contributed by atoms with van der Waals surface area (Å²) in [6, 6.07) is 16.2. The van der Waals surface area contributed by atoms with Gasteiger partial charge in [-0.05, 0) is 43.3 Å². The smallest absolute Gasteiger partial charge is 0.244 e. The molecule has 134 valence electrons. The zero-order chi connectivity index (χ0) is 18.4. The molecule has 1 saturated heterocycles. The lowest BCUT2D eigenvalue weighted by Crippen LogP contribution is -2.46. The molecule has 1 fully saturated rings. The number of hydrogen-bond acceptors (Lipinski definition) is 5. The van der Waals surface area contributed by atoms with Crippen LogP contribution >= 0.6 is 0 Å². The lowest BCUT2D eigenvalue weighted by Gasteiger charge is -2.29. The summed E-state index contributed by atoms with van der Waals surface area (Å²) >= 11 is 0. The van der Waals surface area contributed by atoms with E-state index in [9.17, 15) is 4.79 Å². The van der Waals surface area contributed by atoms with Crippen molar-refractivity contribution in [2.45, 2.75) is 13.0 Å². The Morgan fingerprint density at radius 1 is 1.19 bits per heavy atom. The van der Waals surface area contributed by atoms with Gasteiger partial charge in [0.25, 0.3) is 0 Å². The Labute approximate surface area is 152 Å². The molecule has 2 aromatic rings. The summed E-state index contributed by atoms with van der Waals surface area (Å²) in [4.78, 5) is 14.3. The Balaban J connectivity index is 1.60. The molecule has 0 unspecified atom stereocenters. The van der Waals surface area contributed by atoms with E-state index in [1.165, 1.54) is 0 Å². The summed E-state index contributed by atoms with van der Waals surface area (Å²) in [5.74, 6) is 1.22. The first kappa shape index (κ1) is 17.8. The van der Waals surface area contributed by atoms with Crippen LogP contribution in [-0.4, -0.2) is 43.2 Å². The van der Waals surface area contributed by atoms with Crippen LogP contribution in [0.1, 0.15) is 12.5 Å². The fourth-order valence-corrected chi connectivity index (χ4v) is 2.76. The number of carbonyl (C=O) groups is 1. The molecule has 0 spiro atoms. The van der Waals surface area contributed by atoms with Gasteiger partial charge in [0.15, 0.2) is 0 Å². The first-order valence-corrected chi connectivity index (χ1v) is 8.57. The van der Waals surface area contributed by atoms with Crippen molar-refractivity contribution < 1.29 is 14.3 Å². The molecule has 0 radical (unpaired) electrons. The molecular formula is C20H21N3O3. The number of ether oxygens (including phenoxy) is 2. The van der Waals surface area contributed by atoms with Gasteiger partial charge in [-0.3, -0.25) is 4.79 Å². The topological polar surface area (TPSA) is 74.6 Å². The molecular weight excluding hydrogens is 330 g/mol. The minimum Gasteiger partial charge on any atom is -0.456 e. The van der Waals surface area contributed by atoms with Gasteiger partial charge in [-0.15, -0.1) is 0 Å². The molecule has 1 atom stereocenters. The van der Waals surface area contributed by atoms with Crippen LogP contribution in [0.4, 0.5) is 5.69 Å². The molecule has 1 N–H and O–H groups in total. The van der Waals surface area contributed by atoms with Crippen molar-refractivity contribution in [1.82, 2.24) is 4.90 Å². The fourth-order valence-electron chi connectivity index (χ4n) is 2.76. The second kappa shape index (κ2) is 8.37. The second-order valence-corrected chi connectivity index (χ2v) is 6.04. The van der Waals surface area contributed by atoms with Crippen LogP contribution in [0.5, 0.6) is 11.5 Å². The van der Waals surface area contributed by atoms with E-state index in [4.69, 9.17) is 14.7 Å². The number of anilines is 1. The summed E-state index contributed by atoms with van der Waals surface area (Å²) in [7, 11) is 0. The number of nitrogens with zero attached hydrogens (tertiary/aromatic N) is 2. The van der Waals surface area contributed by atoms with Crippen molar-refractivity contribution in [3.63, 3.8) is 0 Å². The summed E-state index contributed by atoms with van der Waals surface area (Å²) in [6.45, 7) is 4.31.